The Bertz CT molecular complexity index is 1010. The van der Waals surface area contributed by atoms with E-state index in [4.69, 9.17) is 4.74 Å². The Hall–Kier alpha value is -3.21. The first-order valence-corrected chi connectivity index (χ1v) is 8.13. The molecular weight excluding hydrogens is 333 g/mol. The van der Waals surface area contributed by atoms with Crippen LogP contribution < -0.4 is 5.56 Å². The van der Waals surface area contributed by atoms with Crippen LogP contribution in [-0.4, -0.2) is 17.6 Å². The third-order valence-corrected chi connectivity index (χ3v) is 4.22. The molecule has 0 amide bonds. The van der Waals surface area contributed by atoms with Crippen molar-refractivity contribution >= 4 is 5.97 Å². The molecule has 0 spiro atoms. The van der Waals surface area contributed by atoms with Crippen LogP contribution in [-0.2, 0) is 11.3 Å². The summed E-state index contributed by atoms with van der Waals surface area (Å²) < 4.78 is 19.9. The van der Waals surface area contributed by atoms with Crippen molar-refractivity contribution in [3.8, 4) is 11.1 Å². The second-order valence-electron chi connectivity index (χ2n) is 5.98. The minimum Gasteiger partial charge on any atom is -0.465 e. The van der Waals surface area contributed by atoms with Gasteiger partial charge in [-0.15, -0.1) is 0 Å². The van der Waals surface area contributed by atoms with Crippen molar-refractivity contribution in [2.75, 3.05) is 7.11 Å². The van der Waals surface area contributed by atoms with E-state index in [0.29, 0.717) is 17.7 Å². The molecule has 0 radical (unpaired) electrons. The number of pyridine rings is 1. The van der Waals surface area contributed by atoms with Crippen LogP contribution in [0.2, 0.25) is 0 Å². The highest BCUT2D eigenvalue weighted by Gasteiger charge is 2.16. The third kappa shape index (κ3) is 3.57. The summed E-state index contributed by atoms with van der Waals surface area (Å²) in [5, 5.41) is 0. The molecule has 0 saturated carbocycles. The highest BCUT2D eigenvalue weighted by Crippen LogP contribution is 2.25. The van der Waals surface area contributed by atoms with E-state index in [9.17, 15) is 14.0 Å². The van der Waals surface area contributed by atoms with Gasteiger partial charge in [-0.25, -0.2) is 9.18 Å². The molecule has 0 N–H and O–H groups in total. The molecule has 132 valence electrons. The third-order valence-electron chi connectivity index (χ3n) is 4.22. The second kappa shape index (κ2) is 7.35. The SMILES string of the molecule is COC(=O)c1cc(F)ccc1-c1cc(C)n(Cc2ccccc2)c(=O)c1. The Balaban J connectivity index is 2.06. The number of halogens is 1. The lowest BCUT2D eigenvalue weighted by Gasteiger charge is -2.13. The van der Waals surface area contributed by atoms with Gasteiger partial charge in [0.15, 0.2) is 0 Å². The maximum atomic E-state index is 13.6. The van der Waals surface area contributed by atoms with Crippen LogP contribution in [0.1, 0.15) is 21.6 Å². The molecule has 0 unspecified atom stereocenters. The Morgan fingerprint density at radius 3 is 2.46 bits per heavy atom. The molecule has 0 aliphatic rings. The van der Waals surface area contributed by atoms with E-state index in [-0.39, 0.29) is 11.1 Å². The van der Waals surface area contributed by atoms with Gasteiger partial charge >= 0.3 is 5.97 Å². The van der Waals surface area contributed by atoms with Gasteiger partial charge in [0.05, 0.1) is 19.2 Å². The number of hydrogen-bond donors (Lipinski definition) is 0. The Kier molecular flexibility index (Phi) is 4.98. The first-order chi connectivity index (χ1) is 12.5. The lowest BCUT2D eigenvalue weighted by atomic mass is 9.99. The van der Waals surface area contributed by atoms with Gasteiger partial charge in [0.1, 0.15) is 5.82 Å². The van der Waals surface area contributed by atoms with Gasteiger partial charge in [-0.2, -0.15) is 0 Å². The predicted octanol–water partition coefficient (Wildman–Crippen LogP) is 3.80. The maximum Gasteiger partial charge on any atom is 0.338 e. The molecular formula is C21H18FNO3. The summed E-state index contributed by atoms with van der Waals surface area (Å²) in [4.78, 5) is 24.6. The number of carbonyl (C=O) groups is 1. The van der Waals surface area contributed by atoms with Gasteiger partial charge in [-0.1, -0.05) is 36.4 Å². The first kappa shape index (κ1) is 17.6. The topological polar surface area (TPSA) is 48.3 Å². The van der Waals surface area contributed by atoms with E-state index >= 15 is 0 Å². The van der Waals surface area contributed by atoms with Gasteiger partial charge in [0.2, 0.25) is 0 Å². The molecule has 0 bridgehead atoms. The van der Waals surface area contributed by atoms with Crippen LogP contribution >= 0.6 is 0 Å². The number of aryl methyl sites for hydroxylation is 1. The number of nitrogens with zero attached hydrogens (tertiary/aromatic N) is 1. The van der Waals surface area contributed by atoms with Crippen LogP contribution in [0.5, 0.6) is 0 Å². The van der Waals surface area contributed by atoms with Crippen LogP contribution in [0.4, 0.5) is 4.39 Å². The number of ether oxygens (including phenoxy) is 1. The van der Waals surface area contributed by atoms with Gasteiger partial charge < -0.3 is 9.30 Å². The normalized spacial score (nSPS) is 10.6. The maximum absolute atomic E-state index is 13.6. The number of benzene rings is 2. The van der Waals surface area contributed by atoms with E-state index in [1.165, 1.54) is 25.3 Å². The Labute approximate surface area is 150 Å². The van der Waals surface area contributed by atoms with Crippen molar-refractivity contribution in [3.05, 3.63) is 93.7 Å². The molecule has 2 aromatic carbocycles. The zero-order valence-electron chi connectivity index (χ0n) is 14.5. The van der Waals surface area contributed by atoms with Gasteiger partial charge in [0, 0.05) is 11.8 Å². The summed E-state index contributed by atoms with van der Waals surface area (Å²) >= 11 is 0. The molecule has 5 heteroatoms. The lowest BCUT2D eigenvalue weighted by Crippen LogP contribution is -2.22. The van der Waals surface area contributed by atoms with Crippen LogP contribution in [0, 0.1) is 12.7 Å². The van der Waals surface area contributed by atoms with Crippen molar-refractivity contribution < 1.29 is 13.9 Å². The predicted molar refractivity (Wildman–Crippen MR) is 97.7 cm³/mol. The van der Waals surface area contributed by atoms with Crippen molar-refractivity contribution in [1.29, 1.82) is 0 Å². The summed E-state index contributed by atoms with van der Waals surface area (Å²) in [5.74, 6) is -1.19. The quantitative estimate of drug-likeness (QED) is 0.672. The molecule has 0 aliphatic carbocycles. The summed E-state index contributed by atoms with van der Waals surface area (Å²) in [6.45, 7) is 2.29. The van der Waals surface area contributed by atoms with Gasteiger partial charge in [-0.05, 0) is 41.8 Å². The van der Waals surface area contributed by atoms with Crippen LogP contribution in [0.25, 0.3) is 11.1 Å². The number of aromatic nitrogens is 1. The van der Waals surface area contributed by atoms with E-state index in [0.717, 1.165) is 17.3 Å². The first-order valence-electron chi connectivity index (χ1n) is 8.13. The zero-order chi connectivity index (χ0) is 18.7. The average Bonchev–Trinajstić information content (AvgIpc) is 2.64. The number of esters is 1. The average molecular weight is 351 g/mol. The number of rotatable bonds is 4. The zero-order valence-corrected chi connectivity index (χ0v) is 14.5. The minimum absolute atomic E-state index is 0.0899. The fraction of sp³-hybridized carbons (Fsp3) is 0.143. The molecule has 26 heavy (non-hydrogen) atoms. The molecule has 4 nitrogen and oxygen atoms in total. The summed E-state index contributed by atoms with van der Waals surface area (Å²) in [7, 11) is 1.24. The standard InChI is InChI=1S/C21H18FNO3/c1-14-10-16(18-9-8-17(22)12-19(18)21(25)26-2)11-20(24)23(14)13-15-6-4-3-5-7-15/h3-12H,13H2,1-2H3. The lowest BCUT2D eigenvalue weighted by molar-refractivity contribution is 0.0601. The molecule has 1 aromatic heterocycles. The second-order valence-corrected chi connectivity index (χ2v) is 5.98. The highest BCUT2D eigenvalue weighted by molar-refractivity contribution is 5.97. The number of hydrogen-bond acceptors (Lipinski definition) is 3. The largest absolute Gasteiger partial charge is 0.465 e. The fourth-order valence-electron chi connectivity index (χ4n) is 2.90. The molecule has 0 saturated heterocycles. The molecule has 3 rings (SSSR count). The Morgan fingerprint density at radius 1 is 1.08 bits per heavy atom. The fourth-order valence-corrected chi connectivity index (χ4v) is 2.90. The molecule has 1 heterocycles. The number of methoxy groups -OCH3 is 1. The highest BCUT2D eigenvalue weighted by atomic mass is 19.1. The monoisotopic (exact) mass is 351 g/mol. The molecule has 3 aromatic rings. The van der Waals surface area contributed by atoms with Gasteiger partial charge in [0.25, 0.3) is 5.56 Å². The molecule has 0 atom stereocenters. The van der Waals surface area contributed by atoms with Crippen LogP contribution in [0.15, 0.2) is 65.5 Å². The smallest absolute Gasteiger partial charge is 0.338 e. The van der Waals surface area contributed by atoms with Crippen molar-refractivity contribution in [1.82, 2.24) is 4.57 Å². The van der Waals surface area contributed by atoms with E-state index in [1.54, 1.807) is 4.57 Å². The molecule has 0 fully saturated rings. The van der Waals surface area contributed by atoms with Crippen molar-refractivity contribution in [3.63, 3.8) is 0 Å². The Morgan fingerprint density at radius 2 is 1.81 bits per heavy atom. The minimum atomic E-state index is -0.648. The van der Waals surface area contributed by atoms with Crippen molar-refractivity contribution in [2.24, 2.45) is 0 Å². The van der Waals surface area contributed by atoms with E-state index in [2.05, 4.69) is 0 Å². The number of carbonyl (C=O) groups excluding carboxylic acids is 1. The van der Waals surface area contributed by atoms with E-state index < -0.39 is 11.8 Å². The summed E-state index contributed by atoms with van der Waals surface area (Å²) in [6.07, 6.45) is 0. The van der Waals surface area contributed by atoms with Crippen molar-refractivity contribution in [2.45, 2.75) is 13.5 Å². The van der Waals surface area contributed by atoms with Crippen LogP contribution in [0.3, 0.4) is 0 Å². The molecule has 0 aliphatic heterocycles. The summed E-state index contributed by atoms with van der Waals surface area (Å²) in [5.41, 5.74) is 2.68. The summed E-state index contributed by atoms with van der Waals surface area (Å²) in [6, 6.07) is 16.8. The van der Waals surface area contributed by atoms with E-state index in [1.807, 2.05) is 43.3 Å². The van der Waals surface area contributed by atoms with Gasteiger partial charge in [-0.3, -0.25) is 4.79 Å².